The van der Waals surface area contributed by atoms with Gasteiger partial charge in [0, 0.05) is 46.6 Å². The van der Waals surface area contributed by atoms with Gasteiger partial charge in [0.1, 0.15) is 25.0 Å². The number of fused-ring (bicyclic) bond motifs is 7. The van der Waals surface area contributed by atoms with Crippen molar-refractivity contribution in [3.05, 3.63) is 88.5 Å². The number of nitrogens with one attached hydrogen (secondary N) is 2. The van der Waals surface area contributed by atoms with Crippen LogP contribution in [0.25, 0.3) is 43.5 Å². The fourth-order valence-corrected chi connectivity index (χ4v) is 8.19. The van der Waals surface area contributed by atoms with Crippen molar-refractivity contribution in [3.8, 4) is 0 Å². The Bertz CT molecular complexity index is 2760. The van der Waals surface area contributed by atoms with Gasteiger partial charge in [-0.15, -0.1) is 0 Å². The fraction of sp³-hybridized carbons (Fsp3) is 0.333. The van der Waals surface area contributed by atoms with Crippen molar-refractivity contribution in [2.75, 3.05) is 11.9 Å². The van der Waals surface area contributed by atoms with E-state index in [4.69, 9.17) is 33.4 Å². The molecule has 2 aromatic heterocycles. The van der Waals surface area contributed by atoms with E-state index in [1.165, 1.54) is 45.5 Å². The summed E-state index contributed by atoms with van der Waals surface area (Å²) in [6.07, 6.45) is -4.86. The van der Waals surface area contributed by atoms with E-state index in [9.17, 15) is 28.8 Å². The maximum atomic E-state index is 13.7. The summed E-state index contributed by atoms with van der Waals surface area (Å²) in [6, 6.07) is 18.6. The summed E-state index contributed by atoms with van der Waals surface area (Å²) in [5.41, 5.74) is 0.408. The summed E-state index contributed by atoms with van der Waals surface area (Å²) >= 11 is 0. The molecule has 1 fully saturated rings. The van der Waals surface area contributed by atoms with E-state index < -0.39 is 78.2 Å². The van der Waals surface area contributed by atoms with E-state index in [-0.39, 0.29) is 30.1 Å². The molecule has 1 saturated heterocycles. The second kappa shape index (κ2) is 15.5. The third kappa shape index (κ3) is 7.51. The number of imidazole rings is 1. The molecule has 8 rings (SSSR count). The topological polar surface area (TPSA) is 216 Å². The average Bonchev–Trinajstić information content (AvgIpc) is 3.78. The van der Waals surface area contributed by atoms with Crippen LogP contribution in [0.15, 0.2) is 71.8 Å². The normalized spacial score (nSPS) is 22.5. The van der Waals surface area contributed by atoms with Crippen molar-refractivity contribution in [2.45, 2.75) is 83.8 Å². The number of esters is 5. The molecule has 0 unspecified atom stereocenters. The van der Waals surface area contributed by atoms with E-state index in [0.717, 1.165) is 26.9 Å². The zero-order valence-electron chi connectivity index (χ0n) is 32.5. The van der Waals surface area contributed by atoms with Gasteiger partial charge >= 0.3 is 29.8 Å². The lowest BCUT2D eigenvalue weighted by molar-refractivity contribution is -0.187. The number of ether oxygens (including phenoxy) is 6. The second-order valence-corrected chi connectivity index (χ2v) is 14.5. The smallest absolute Gasteiger partial charge is 0.303 e. The maximum absolute atomic E-state index is 13.7. The van der Waals surface area contributed by atoms with Crippen LogP contribution >= 0.6 is 0 Å². The lowest BCUT2D eigenvalue weighted by Gasteiger charge is -2.42. The van der Waals surface area contributed by atoms with Crippen LogP contribution in [0.2, 0.25) is 0 Å². The van der Waals surface area contributed by atoms with Crippen molar-refractivity contribution < 1.29 is 52.4 Å². The Balaban J connectivity index is 1.30. The standard InChI is InChI=1S/C42H39N5O12/c1-19(48)54-17-32-31(55-20(2)49)16-33(59-32)47-18-43-36-40(47)45-42(46-41(36)53)44-35-34-28(37(56-21(3)50)39(58-23(5)52)38(35)57-22(4)51)13-12-26-14-25-11-10-24-8-6-7-9-27(24)29(25)15-30(26)34/h6-15,18,31-33,35,37-39H,16-17H2,1-5H3,(H2,44,45,46,53)/t31-,32+,33+,35+,37+,38-,39-/m0/s1. The van der Waals surface area contributed by atoms with Gasteiger partial charge in [0.25, 0.3) is 5.56 Å². The Morgan fingerprint density at radius 3 is 2.19 bits per heavy atom. The van der Waals surface area contributed by atoms with Crippen molar-refractivity contribution in [1.82, 2.24) is 19.5 Å². The molecule has 4 aromatic carbocycles. The number of hydrogen-bond donors (Lipinski definition) is 2. The van der Waals surface area contributed by atoms with Gasteiger partial charge in [0.2, 0.25) is 5.95 Å². The number of H-pyrrole nitrogens is 1. The molecular formula is C42H39N5O12. The van der Waals surface area contributed by atoms with Crippen molar-refractivity contribution in [2.24, 2.45) is 0 Å². The Morgan fingerprint density at radius 2 is 1.46 bits per heavy atom. The average molecular weight is 806 g/mol. The highest BCUT2D eigenvalue weighted by atomic mass is 16.6. The van der Waals surface area contributed by atoms with Gasteiger partial charge in [-0.1, -0.05) is 48.5 Å². The minimum absolute atomic E-state index is 0.0382. The molecule has 59 heavy (non-hydrogen) atoms. The molecule has 1 aliphatic carbocycles. The Hall–Kier alpha value is -6.88. The van der Waals surface area contributed by atoms with E-state index in [1.54, 1.807) is 6.07 Å². The Labute approximate surface area is 334 Å². The fourth-order valence-electron chi connectivity index (χ4n) is 8.19. The number of anilines is 1. The summed E-state index contributed by atoms with van der Waals surface area (Å²) in [4.78, 5) is 87.3. The maximum Gasteiger partial charge on any atom is 0.303 e. The van der Waals surface area contributed by atoms with Gasteiger partial charge in [-0.25, -0.2) is 4.98 Å². The number of aromatic nitrogens is 4. The molecule has 0 amide bonds. The van der Waals surface area contributed by atoms with Crippen molar-refractivity contribution in [1.29, 1.82) is 0 Å². The summed E-state index contributed by atoms with van der Waals surface area (Å²) < 4.78 is 36.0. The molecule has 0 saturated carbocycles. The number of carbonyl (C=O) groups is 5. The first-order valence-corrected chi connectivity index (χ1v) is 18.8. The lowest BCUT2D eigenvalue weighted by Crippen LogP contribution is -2.50. The van der Waals surface area contributed by atoms with Gasteiger partial charge < -0.3 is 33.7 Å². The SMILES string of the molecule is CC(=O)OC[C@H]1O[C@@H](n2cnc3c(=O)[nH]c(N[C@@H]4c5c(ccc6cc7ccc8ccccc8c7cc56)[C@@H](OC(C)=O)[C@H](OC(C)=O)[C@H]4OC(C)=O)nc32)C[C@@H]1OC(C)=O. The summed E-state index contributed by atoms with van der Waals surface area (Å²) in [6.45, 7) is 5.92. The van der Waals surface area contributed by atoms with Gasteiger partial charge in [0.05, 0.1) is 12.4 Å². The highest BCUT2D eigenvalue weighted by molar-refractivity contribution is 6.12. The predicted molar refractivity (Wildman–Crippen MR) is 210 cm³/mol. The van der Waals surface area contributed by atoms with E-state index in [1.807, 2.05) is 54.6 Å². The Kier molecular flexibility index (Phi) is 10.2. The van der Waals surface area contributed by atoms with Crippen molar-refractivity contribution >= 4 is 79.3 Å². The van der Waals surface area contributed by atoms with Crippen LogP contribution in [-0.4, -0.2) is 80.4 Å². The number of carbonyl (C=O) groups excluding carboxylic acids is 5. The summed E-state index contributed by atoms with van der Waals surface area (Å²) in [5, 5.41) is 8.66. The summed E-state index contributed by atoms with van der Waals surface area (Å²) in [5.74, 6) is -3.30. The monoisotopic (exact) mass is 805 g/mol. The van der Waals surface area contributed by atoms with Crippen LogP contribution in [0.1, 0.15) is 70.5 Å². The molecule has 1 aliphatic heterocycles. The highest BCUT2D eigenvalue weighted by Gasteiger charge is 2.50. The van der Waals surface area contributed by atoms with Crippen LogP contribution in [0.4, 0.5) is 5.95 Å². The van der Waals surface area contributed by atoms with Crippen LogP contribution < -0.4 is 10.9 Å². The molecule has 304 valence electrons. The van der Waals surface area contributed by atoms with Crippen LogP contribution in [-0.2, 0) is 52.4 Å². The van der Waals surface area contributed by atoms with Gasteiger partial charge in [-0.3, -0.25) is 38.3 Å². The number of hydrogen-bond acceptors (Lipinski definition) is 15. The molecule has 0 radical (unpaired) electrons. The molecule has 2 aliphatic rings. The van der Waals surface area contributed by atoms with Gasteiger partial charge in [-0.05, 0) is 50.0 Å². The first-order valence-electron chi connectivity index (χ1n) is 18.8. The zero-order valence-corrected chi connectivity index (χ0v) is 32.5. The predicted octanol–water partition coefficient (Wildman–Crippen LogP) is 5.00. The van der Waals surface area contributed by atoms with Crippen LogP contribution in [0.3, 0.4) is 0 Å². The molecular weight excluding hydrogens is 766 g/mol. The number of nitrogens with zero attached hydrogens (tertiary/aromatic N) is 3. The van der Waals surface area contributed by atoms with Crippen molar-refractivity contribution in [3.63, 3.8) is 0 Å². The number of rotatable bonds is 9. The summed E-state index contributed by atoms with van der Waals surface area (Å²) in [7, 11) is 0. The third-order valence-corrected chi connectivity index (χ3v) is 10.4. The molecule has 3 heterocycles. The minimum Gasteiger partial charge on any atom is -0.463 e. The quantitative estimate of drug-likeness (QED) is 0.0851. The van der Waals surface area contributed by atoms with Crippen LogP contribution in [0, 0.1) is 0 Å². The molecule has 6 aromatic rings. The van der Waals surface area contributed by atoms with E-state index in [2.05, 4.69) is 15.3 Å². The zero-order chi connectivity index (χ0) is 41.7. The Morgan fingerprint density at radius 1 is 0.780 bits per heavy atom. The van der Waals surface area contributed by atoms with Gasteiger partial charge in [0.15, 0.2) is 29.5 Å². The first kappa shape index (κ1) is 39.0. The molecule has 17 heteroatoms. The van der Waals surface area contributed by atoms with E-state index in [0.29, 0.717) is 16.5 Å². The lowest BCUT2D eigenvalue weighted by atomic mass is 9.78. The second-order valence-electron chi connectivity index (χ2n) is 14.5. The molecule has 0 bridgehead atoms. The van der Waals surface area contributed by atoms with Gasteiger partial charge in [-0.2, -0.15) is 4.98 Å². The van der Waals surface area contributed by atoms with Crippen LogP contribution in [0.5, 0.6) is 0 Å². The molecule has 2 N–H and O–H groups in total. The first-order chi connectivity index (χ1) is 28.2. The number of benzene rings is 4. The largest absolute Gasteiger partial charge is 0.463 e. The molecule has 0 spiro atoms. The third-order valence-electron chi connectivity index (χ3n) is 10.4. The highest BCUT2D eigenvalue weighted by Crippen LogP contribution is 2.47. The minimum atomic E-state index is -1.34. The molecule has 17 nitrogen and oxygen atoms in total. The van der Waals surface area contributed by atoms with E-state index >= 15 is 0 Å². The number of aromatic amines is 1. The molecule has 7 atom stereocenters.